The summed E-state index contributed by atoms with van der Waals surface area (Å²) in [6, 6.07) is 9.58. The number of amides is 1. The minimum Gasteiger partial charge on any atom is -0.484 e. The van der Waals surface area contributed by atoms with E-state index in [-0.39, 0.29) is 12.5 Å². The molecule has 1 aromatic rings. The molecule has 1 amide bonds. The third-order valence-corrected chi connectivity index (χ3v) is 5.02. The summed E-state index contributed by atoms with van der Waals surface area (Å²) in [6.07, 6.45) is 6.21. The van der Waals surface area contributed by atoms with Crippen molar-refractivity contribution < 1.29 is 9.53 Å². The van der Waals surface area contributed by atoms with Crippen LogP contribution in [0.4, 0.5) is 0 Å². The number of nitrogens with zero attached hydrogens (tertiary/aromatic N) is 2. The molecule has 2 fully saturated rings. The molecule has 2 saturated heterocycles. The molecular formula is C19H28N2O2. The van der Waals surface area contributed by atoms with Crippen LogP contribution in [0.25, 0.3) is 0 Å². The molecule has 0 aromatic heterocycles. The summed E-state index contributed by atoms with van der Waals surface area (Å²) in [6.45, 7) is 5.68. The molecule has 0 spiro atoms. The zero-order valence-corrected chi connectivity index (χ0v) is 14.0. The van der Waals surface area contributed by atoms with E-state index in [4.69, 9.17) is 4.74 Å². The van der Waals surface area contributed by atoms with E-state index in [1.54, 1.807) is 0 Å². The van der Waals surface area contributed by atoms with E-state index in [1.165, 1.54) is 38.9 Å². The Hall–Kier alpha value is -1.55. The molecule has 0 aliphatic carbocycles. The molecule has 126 valence electrons. The topological polar surface area (TPSA) is 32.8 Å². The van der Waals surface area contributed by atoms with Crippen molar-refractivity contribution in [3.8, 4) is 5.75 Å². The Morgan fingerprint density at radius 1 is 1.00 bits per heavy atom. The lowest BCUT2D eigenvalue weighted by Crippen LogP contribution is -2.36. The van der Waals surface area contributed by atoms with E-state index in [2.05, 4.69) is 4.90 Å². The molecule has 0 saturated carbocycles. The first kappa shape index (κ1) is 16.3. The van der Waals surface area contributed by atoms with Gasteiger partial charge in [0, 0.05) is 19.6 Å². The van der Waals surface area contributed by atoms with Crippen LogP contribution in [-0.4, -0.2) is 55.0 Å². The van der Waals surface area contributed by atoms with Crippen LogP contribution in [0, 0.1) is 5.92 Å². The van der Waals surface area contributed by atoms with Crippen LogP contribution in [0.3, 0.4) is 0 Å². The first-order valence-electron chi connectivity index (χ1n) is 8.99. The predicted molar refractivity (Wildman–Crippen MR) is 91.5 cm³/mol. The van der Waals surface area contributed by atoms with Crippen molar-refractivity contribution in [2.45, 2.75) is 32.1 Å². The van der Waals surface area contributed by atoms with Crippen molar-refractivity contribution >= 4 is 5.91 Å². The van der Waals surface area contributed by atoms with Crippen molar-refractivity contribution in [3.05, 3.63) is 30.3 Å². The van der Waals surface area contributed by atoms with E-state index >= 15 is 0 Å². The van der Waals surface area contributed by atoms with Crippen LogP contribution in [0.5, 0.6) is 5.75 Å². The number of likely N-dealkylation sites (tertiary alicyclic amines) is 2. The summed E-state index contributed by atoms with van der Waals surface area (Å²) in [5.41, 5.74) is 0. The van der Waals surface area contributed by atoms with Gasteiger partial charge in [0.05, 0.1) is 0 Å². The molecule has 0 radical (unpaired) electrons. The average Bonchev–Trinajstić information content (AvgIpc) is 2.98. The number of ether oxygens (including phenoxy) is 1. The lowest BCUT2D eigenvalue weighted by atomic mass is 10.0. The SMILES string of the molecule is O=C(COc1ccccc1)N1CCCC(CN2CCCC2)CC1. The maximum absolute atomic E-state index is 12.4. The Morgan fingerprint density at radius 3 is 2.57 bits per heavy atom. The largest absolute Gasteiger partial charge is 0.484 e. The lowest BCUT2D eigenvalue weighted by molar-refractivity contribution is -0.133. The molecule has 1 atom stereocenters. The number of carbonyl (C=O) groups is 1. The fraction of sp³-hybridized carbons (Fsp3) is 0.632. The predicted octanol–water partition coefficient (Wildman–Crippen LogP) is 2.79. The quantitative estimate of drug-likeness (QED) is 0.837. The van der Waals surface area contributed by atoms with E-state index < -0.39 is 0 Å². The first-order chi connectivity index (χ1) is 11.3. The Labute approximate surface area is 139 Å². The number of hydrogen-bond acceptors (Lipinski definition) is 3. The molecule has 2 heterocycles. The van der Waals surface area contributed by atoms with Gasteiger partial charge in [-0.1, -0.05) is 18.2 Å². The van der Waals surface area contributed by atoms with Crippen LogP contribution in [0.15, 0.2) is 30.3 Å². The maximum atomic E-state index is 12.4. The standard InChI is InChI=1S/C19H28N2O2/c22-19(16-23-18-8-2-1-3-9-18)21-13-6-7-17(10-14-21)15-20-11-4-5-12-20/h1-3,8-9,17H,4-7,10-16H2. The Kier molecular flexibility index (Phi) is 5.92. The van der Waals surface area contributed by atoms with Crippen molar-refractivity contribution in [1.82, 2.24) is 9.80 Å². The Balaban J connectivity index is 1.42. The van der Waals surface area contributed by atoms with E-state index in [0.717, 1.165) is 37.6 Å². The van der Waals surface area contributed by atoms with Crippen LogP contribution in [0.2, 0.25) is 0 Å². The van der Waals surface area contributed by atoms with Gasteiger partial charge in [-0.25, -0.2) is 0 Å². The molecule has 1 aromatic carbocycles. The number of rotatable bonds is 5. The fourth-order valence-electron chi connectivity index (χ4n) is 3.68. The normalized spacial score (nSPS) is 22.8. The average molecular weight is 316 g/mol. The monoisotopic (exact) mass is 316 g/mol. The van der Waals surface area contributed by atoms with Gasteiger partial charge in [0.15, 0.2) is 6.61 Å². The van der Waals surface area contributed by atoms with Crippen LogP contribution >= 0.6 is 0 Å². The molecular weight excluding hydrogens is 288 g/mol. The van der Waals surface area contributed by atoms with Crippen LogP contribution in [-0.2, 0) is 4.79 Å². The van der Waals surface area contributed by atoms with Crippen molar-refractivity contribution in [3.63, 3.8) is 0 Å². The highest BCUT2D eigenvalue weighted by molar-refractivity contribution is 5.77. The van der Waals surface area contributed by atoms with Gasteiger partial charge in [-0.2, -0.15) is 0 Å². The molecule has 4 nitrogen and oxygen atoms in total. The molecule has 3 rings (SSSR count). The molecule has 1 unspecified atom stereocenters. The summed E-state index contributed by atoms with van der Waals surface area (Å²) < 4.78 is 5.60. The molecule has 2 aliphatic rings. The molecule has 23 heavy (non-hydrogen) atoms. The fourth-order valence-corrected chi connectivity index (χ4v) is 3.68. The number of carbonyl (C=O) groups excluding carboxylic acids is 1. The van der Waals surface area contributed by atoms with E-state index in [9.17, 15) is 4.79 Å². The lowest BCUT2D eigenvalue weighted by Gasteiger charge is -2.23. The summed E-state index contributed by atoms with van der Waals surface area (Å²) in [5, 5.41) is 0. The van der Waals surface area contributed by atoms with Gasteiger partial charge in [-0.15, -0.1) is 0 Å². The van der Waals surface area contributed by atoms with Crippen LogP contribution < -0.4 is 4.74 Å². The van der Waals surface area contributed by atoms with Gasteiger partial charge in [0.25, 0.3) is 5.91 Å². The zero-order chi connectivity index (χ0) is 15.9. The van der Waals surface area contributed by atoms with Gasteiger partial charge in [0.1, 0.15) is 5.75 Å². The van der Waals surface area contributed by atoms with Crippen molar-refractivity contribution in [1.29, 1.82) is 0 Å². The van der Waals surface area contributed by atoms with E-state index in [0.29, 0.717) is 0 Å². The van der Waals surface area contributed by atoms with Crippen molar-refractivity contribution in [2.24, 2.45) is 5.92 Å². The second-order valence-corrected chi connectivity index (χ2v) is 6.79. The highest BCUT2D eigenvalue weighted by Gasteiger charge is 2.23. The van der Waals surface area contributed by atoms with Gasteiger partial charge in [0.2, 0.25) is 0 Å². The Bertz CT molecular complexity index is 485. The third kappa shape index (κ3) is 4.96. The number of benzene rings is 1. The summed E-state index contributed by atoms with van der Waals surface area (Å²) in [4.78, 5) is 17.0. The van der Waals surface area contributed by atoms with Gasteiger partial charge in [-0.3, -0.25) is 4.79 Å². The van der Waals surface area contributed by atoms with Gasteiger partial charge in [-0.05, 0) is 63.2 Å². The minimum atomic E-state index is 0.121. The second-order valence-electron chi connectivity index (χ2n) is 6.79. The summed E-state index contributed by atoms with van der Waals surface area (Å²) in [7, 11) is 0. The smallest absolute Gasteiger partial charge is 0.260 e. The molecule has 0 N–H and O–H groups in total. The number of para-hydroxylation sites is 1. The summed E-state index contributed by atoms with van der Waals surface area (Å²) >= 11 is 0. The van der Waals surface area contributed by atoms with Gasteiger partial charge < -0.3 is 14.5 Å². The minimum absolute atomic E-state index is 0.121. The molecule has 4 heteroatoms. The molecule has 0 bridgehead atoms. The van der Waals surface area contributed by atoms with Crippen LogP contribution in [0.1, 0.15) is 32.1 Å². The zero-order valence-electron chi connectivity index (χ0n) is 14.0. The summed E-state index contributed by atoms with van der Waals surface area (Å²) in [5.74, 6) is 1.64. The second kappa shape index (κ2) is 8.34. The number of hydrogen-bond donors (Lipinski definition) is 0. The van der Waals surface area contributed by atoms with Gasteiger partial charge >= 0.3 is 0 Å². The Morgan fingerprint density at radius 2 is 1.78 bits per heavy atom. The maximum Gasteiger partial charge on any atom is 0.260 e. The molecule has 2 aliphatic heterocycles. The van der Waals surface area contributed by atoms with E-state index in [1.807, 2.05) is 35.2 Å². The van der Waals surface area contributed by atoms with Crippen molar-refractivity contribution in [2.75, 3.05) is 39.3 Å². The highest BCUT2D eigenvalue weighted by atomic mass is 16.5. The highest BCUT2D eigenvalue weighted by Crippen LogP contribution is 2.21. The first-order valence-corrected chi connectivity index (χ1v) is 8.99. The third-order valence-electron chi connectivity index (χ3n) is 5.02.